The zero-order valence-corrected chi connectivity index (χ0v) is 16.0. The van der Waals surface area contributed by atoms with Gasteiger partial charge in [-0.15, -0.1) is 11.8 Å². The van der Waals surface area contributed by atoms with Gasteiger partial charge in [0.15, 0.2) is 0 Å². The predicted octanol–water partition coefficient (Wildman–Crippen LogP) is 5.20. The van der Waals surface area contributed by atoms with Gasteiger partial charge in [-0.2, -0.15) is 13.2 Å². The Bertz CT molecular complexity index is 860. The van der Waals surface area contributed by atoms with Crippen LogP contribution in [0.1, 0.15) is 12.5 Å². The van der Waals surface area contributed by atoms with Crippen LogP contribution in [-0.2, 0) is 15.8 Å². The van der Waals surface area contributed by atoms with E-state index in [4.69, 9.17) is 11.6 Å². The number of halogens is 5. The highest BCUT2D eigenvalue weighted by Gasteiger charge is 2.31. The average molecular weight is 435 g/mol. The summed E-state index contributed by atoms with van der Waals surface area (Å²) in [6, 6.07) is 7.78. The van der Waals surface area contributed by atoms with E-state index < -0.39 is 34.6 Å². The van der Waals surface area contributed by atoms with Gasteiger partial charge in [0.1, 0.15) is 5.82 Å². The number of carbonyl (C=O) groups excluding carboxylic acids is 2. The predicted molar refractivity (Wildman–Crippen MR) is 102 cm³/mol. The van der Waals surface area contributed by atoms with Crippen molar-refractivity contribution in [1.82, 2.24) is 0 Å². The molecule has 4 nitrogen and oxygen atoms in total. The zero-order chi connectivity index (χ0) is 20.9. The standard InChI is InChI=1S/C18H15ClF4N2O2S/c1-10(28-9-16(26)24-13-5-3-12(20)4-6-13)17(27)25-15-8-11(18(21,22)23)2-7-14(15)19/h2-8,10H,9H2,1H3,(H,24,26)(H,25,27). The van der Waals surface area contributed by atoms with E-state index in [2.05, 4.69) is 10.6 Å². The molecule has 150 valence electrons. The SMILES string of the molecule is CC(SCC(=O)Nc1ccc(F)cc1)C(=O)Nc1cc(C(F)(F)F)ccc1Cl. The van der Waals surface area contributed by atoms with Crippen LogP contribution in [-0.4, -0.2) is 22.8 Å². The molecule has 0 heterocycles. The minimum Gasteiger partial charge on any atom is -0.325 e. The van der Waals surface area contributed by atoms with Crippen LogP contribution in [0.15, 0.2) is 42.5 Å². The number of benzene rings is 2. The number of hydrogen-bond donors (Lipinski definition) is 2. The van der Waals surface area contributed by atoms with Crippen molar-refractivity contribution in [2.45, 2.75) is 18.3 Å². The molecule has 10 heteroatoms. The van der Waals surface area contributed by atoms with E-state index in [1.165, 1.54) is 31.2 Å². The summed E-state index contributed by atoms with van der Waals surface area (Å²) in [5.74, 6) is -1.53. The van der Waals surface area contributed by atoms with Crippen LogP contribution in [0.4, 0.5) is 28.9 Å². The molecule has 28 heavy (non-hydrogen) atoms. The molecule has 2 aromatic rings. The number of hydrogen-bond acceptors (Lipinski definition) is 3. The van der Waals surface area contributed by atoms with Crippen LogP contribution in [0, 0.1) is 5.82 Å². The molecular weight excluding hydrogens is 420 g/mol. The van der Waals surface area contributed by atoms with Crippen LogP contribution in [0.2, 0.25) is 5.02 Å². The number of anilines is 2. The first kappa shape index (κ1) is 22.0. The molecule has 0 fully saturated rings. The van der Waals surface area contributed by atoms with Gasteiger partial charge in [-0.05, 0) is 49.4 Å². The van der Waals surface area contributed by atoms with Gasteiger partial charge in [0.05, 0.1) is 27.3 Å². The summed E-state index contributed by atoms with van der Waals surface area (Å²) in [4.78, 5) is 24.1. The van der Waals surface area contributed by atoms with Crippen molar-refractivity contribution in [3.05, 3.63) is 58.9 Å². The first-order valence-electron chi connectivity index (χ1n) is 7.91. The molecule has 0 aliphatic heterocycles. The zero-order valence-electron chi connectivity index (χ0n) is 14.4. The van der Waals surface area contributed by atoms with Gasteiger partial charge in [0.25, 0.3) is 0 Å². The first-order valence-corrected chi connectivity index (χ1v) is 9.33. The van der Waals surface area contributed by atoms with Gasteiger partial charge in [0.2, 0.25) is 11.8 Å². The Labute approximate surface area is 167 Å². The third kappa shape index (κ3) is 6.42. The second kappa shape index (κ2) is 9.29. The lowest BCUT2D eigenvalue weighted by Crippen LogP contribution is -2.25. The second-order valence-corrected chi connectivity index (χ2v) is 7.43. The van der Waals surface area contributed by atoms with Gasteiger partial charge in [-0.25, -0.2) is 4.39 Å². The van der Waals surface area contributed by atoms with Gasteiger partial charge in [0, 0.05) is 5.69 Å². The highest BCUT2D eigenvalue weighted by molar-refractivity contribution is 8.01. The fourth-order valence-corrected chi connectivity index (χ4v) is 2.89. The highest BCUT2D eigenvalue weighted by Crippen LogP contribution is 2.34. The molecule has 0 bridgehead atoms. The van der Waals surface area contributed by atoms with Crippen molar-refractivity contribution >= 4 is 46.6 Å². The Morgan fingerprint density at radius 3 is 2.36 bits per heavy atom. The molecule has 0 aromatic heterocycles. The van der Waals surface area contributed by atoms with Crippen molar-refractivity contribution in [3.63, 3.8) is 0 Å². The van der Waals surface area contributed by atoms with Crippen LogP contribution in [0.3, 0.4) is 0 Å². The number of thioether (sulfide) groups is 1. The number of alkyl halides is 3. The van der Waals surface area contributed by atoms with Crippen molar-refractivity contribution in [3.8, 4) is 0 Å². The topological polar surface area (TPSA) is 58.2 Å². The molecule has 2 N–H and O–H groups in total. The number of rotatable bonds is 6. The minimum absolute atomic E-state index is 0.0346. The lowest BCUT2D eigenvalue weighted by Gasteiger charge is -2.15. The van der Waals surface area contributed by atoms with Gasteiger partial charge < -0.3 is 10.6 Å². The summed E-state index contributed by atoms with van der Waals surface area (Å²) >= 11 is 6.83. The van der Waals surface area contributed by atoms with Crippen molar-refractivity contribution < 1.29 is 27.2 Å². The molecule has 0 saturated carbocycles. The Balaban J connectivity index is 1.90. The van der Waals surface area contributed by atoms with E-state index in [-0.39, 0.29) is 16.5 Å². The molecule has 1 unspecified atom stereocenters. The van der Waals surface area contributed by atoms with E-state index in [9.17, 15) is 27.2 Å². The average Bonchev–Trinajstić information content (AvgIpc) is 2.62. The molecule has 0 aliphatic rings. The Kier molecular flexibility index (Phi) is 7.31. The summed E-state index contributed by atoms with van der Waals surface area (Å²) in [5, 5.41) is 4.11. The van der Waals surface area contributed by atoms with Gasteiger partial charge in [-0.1, -0.05) is 11.6 Å². The number of nitrogens with one attached hydrogen (secondary N) is 2. The number of amides is 2. The summed E-state index contributed by atoms with van der Waals surface area (Å²) in [5.41, 5.74) is -0.698. The summed E-state index contributed by atoms with van der Waals surface area (Å²) < 4.78 is 51.2. The Morgan fingerprint density at radius 2 is 1.75 bits per heavy atom. The summed E-state index contributed by atoms with van der Waals surface area (Å²) in [7, 11) is 0. The van der Waals surface area contributed by atoms with Crippen LogP contribution in [0.5, 0.6) is 0 Å². The minimum atomic E-state index is -4.57. The fourth-order valence-electron chi connectivity index (χ4n) is 2.04. The lowest BCUT2D eigenvalue weighted by molar-refractivity contribution is -0.137. The van der Waals surface area contributed by atoms with E-state index in [0.717, 1.165) is 30.0 Å². The quantitative estimate of drug-likeness (QED) is 0.615. The molecule has 1 atom stereocenters. The monoisotopic (exact) mass is 434 g/mol. The smallest absolute Gasteiger partial charge is 0.325 e. The maximum Gasteiger partial charge on any atom is 0.416 e. The normalized spacial score (nSPS) is 12.4. The third-order valence-corrected chi connectivity index (χ3v) is 4.99. The Morgan fingerprint density at radius 1 is 1.11 bits per heavy atom. The molecule has 2 aromatic carbocycles. The first-order chi connectivity index (χ1) is 13.1. The van der Waals surface area contributed by atoms with Crippen LogP contribution in [0.25, 0.3) is 0 Å². The largest absolute Gasteiger partial charge is 0.416 e. The fraction of sp³-hybridized carbons (Fsp3) is 0.222. The maximum atomic E-state index is 12.8. The second-order valence-electron chi connectivity index (χ2n) is 5.69. The van der Waals surface area contributed by atoms with Crippen LogP contribution >= 0.6 is 23.4 Å². The molecule has 0 aliphatic carbocycles. The highest BCUT2D eigenvalue weighted by atomic mass is 35.5. The maximum absolute atomic E-state index is 12.8. The van der Waals surface area contributed by atoms with Gasteiger partial charge in [-0.3, -0.25) is 9.59 Å². The van der Waals surface area contributed by atoms with E-state index >= 15 is 0 Å². The Hall–Kier alpha value is -2.26. The summed E-state index contributed by atoms with van der Waals surface area (Å²) in [6.07, 6.45) is -4.57. The van der Waals surface area contributed by atoms with Crippen LogP contribution < -0.4 is 10.6 Å². The third-order valence-electron chi connectivity index (χ3n) is 3.51. The molecule has 2 rings (SSSR count). The van der Waals surface area contributed by atoms with Crippen molar-refractivity contribution in [1.29, 1.82) is 0 Å². The van der Waals surface area contributed by atoms with E-state index in [1.807, 2.05) is 0 Å². The molecule has 2 amide bonds. The number of carbonyl (C=O) groups is 2. The summed E-state index contributed by atoms with van der Waals surface area (Å²) in [6.45, 7) is 1.51. The van der Waals surface area contributed by atoms with E-state index in [1.54, 1.807) is 0 Å². The lowest BCUT2D eigenvalue weighted by atomic mass is 10.2. The molecule has 0 spiro atoms. The van der Waals surface area contributed by atoms with E-state index in [0.29, 0.717) is 5.69 Å². The van der Waals surface area contributed by atoms with Gasteiger partial charge >= 0.3 is 6.18 Å². The van der Waals surface area contributed by atoms with Crippen molar-refractivity contribution in [2.75, 3.05) is 16.4 Å². The molecular formula is C18H15ClF4N2O2S. The molecule has 0 saturated heterocycles. The van der Waals surface area contributed by atoms with Crippen molar-refractivity contribution in [2.24, 2.45) is 0 Å². The molecule has 0 radical (unpaired) electrons.